The van der Waals surface area contributed by atoms with Crippen molar-refractivity contribution in [3.8, 4) is 5.75 Å². The molecule has 1 saturated heterocycles. The fraction of sp³-hybridized carbons (Fsp3) is 0.650. The third-order valence-corrected chi connectivity index (χ3v) is 5.34. The first-order valence-corrected chi connectivity index (χ1v) is 9.36. The summed E-state index contributed by atoms with van der Waals surface area (Å²) in [5.74, 6) is 1.33. The summed E-state index contributed by atoms with van der Waals surface area (Å²) in [6.45, 7) is 1.78. The van der Waals surface area contributed by atoms with Gasteiger partial charge in [-0.2, -0.15) is 0 Å². The van der Waals surface area contributed by atoms with E-state index in [1.807, 2.05) is 18.2 Å². The summed E-state index contributed by atoms with van der Waals surface area (Å²) < 4.78 is 10.9. The summed E-state index contributed by atoms with van der Waals surface area (Å²) in [5.41, 5.74) is 1.75. The minimum absolute atomic E-state index is 0.307. The number of hydrogen-bond acceptors (Lipinski definition) is 4. The molecule has 0 saturated carbocycles. The molecule has 1 aromatic carbocycles. The number of ether oxygens (including phenoxy) is 2. The number of methoxy groups -OCH3 is 1. The van der Waals surface area contributed by atoms with Crippen molar-refractivity contribution in [3.63, 3.8) is 0 Å². The Bertz CT molecular complexity index is 558. The van der Waals surface area contributed by atoms with Gasteiger partial charge in [-0.05, 0) is 43.9 Å². The molecule has 1 fully saturated rings. The Hall–Kier alpha value is -1.55. The fourth-order valence-electron chi connectivity index (χ4n) is 3.93. The fourth-order valence-corrected chi connectivity index (χ4v) is 3.93. The van der Waals surface area contributed by atoms with Crippen molar-refractivity contribution in [1.82, 2.24) is 5.32 Å². The second-order valence-electron chi connectivity index (χ2n) is 7.05. The maximum Gasteiger partial charge on any atom is 0.337 e. The molecular formula is C20H29NO3. The standard InChI is InChI=1S/C20H29NO3/c1-23-20(22)16-8-9-17-18-13-15(10-11-21-18)7-5-3-2-4-6-12-24-19(17)14-16/h8-9,14-15,18,21H,2-7,10-13H2,1H3/t15-,18+/m1/s1. The third-order valence-electron chi connectivity index (χ3n) is 5.34. The molecule has 0 unspecified atom stereocenters. The van der Waals surface area contributed by atoms with Gasteiger partial charge in [0.1, 0.15) is 5.75 Å². The lowest BCUT2D eigenvalue weighted by atomic mass is 9.85. The van der Waals surface area contributed by atoms with Crippen LogP contribution in [0.5, 0.6) is 5.75 Å². The van der Waals surface area contributed by atoms with Gasteiger partial charge in [0.2, 0.25) is 0 Å². The number of fused-ring (bicyclic) bond motifs is 4. The summed E-state index contributed by atoms with van der Waals surface area (Å²) in [4.78, 5) is 11.8. The van der Waals surface area contributed by atoms with Crippen LogP contribution in [0, 0.1) is 5.92 Å². The van der Waals surface area contributed by atoms with E-state index in [1.165, 1.54) is 51.2 Å². The molecule has 4 nitrogen and oxygen atoms in total. The van der Waals surface area contributed by atoms with Crippen LogP contribution in [0.1, 0.15) is 73.3 Å². The zero-order valence-corrected chi connectivity index (χ0v) is 14.7. The normalized spacial score (nSPS) is 25.2. The van der Waals surface area contributed by atoms with Crippen molar-refractivity contribution >= 4 is 5.97 Å². The largest absolute Gasteiger partial charge is 0.493 e. The van der Waals surface area contributed by atoms with Crippen molar-refractivity contribution in [3.05, 3.63) is 29.3 Å². The highest BCUT2D eigenvalue weighted by molar-refractivity contribution is 5.90. The van der Waals surface area contributed by atoms with E-state index in [0.717, 1.165) is 31.1 Å². The van der Waals surface area contributed by atoms with Crippen LogP contribution >= 0.6 is 0 Å². The van der Waals surface area contributed by atoms with E-state index >= 15 is 0 Å². The molecule has 132 valence electrons. The highest BCUT2D eigenvalue weighted by atomic mass is 16.5. The zero-order valence-electron chi connectivity index (χ0n) is 14.7. The number of benzene rings is 1. The minimum Gasteiger partial charge on any atom is -0.493 e. The maximum atomic E-state index is 11.8. The van der Waals surface area contributed by atoms with Crippen LogP contribution in [-0.4, -0.2) is 26.2 Å². The second-order valence-corrected chi connectivity index (χ2v) is 7.05. The van der Waals surface area contributed by atoms with Gasteiger partial charge < -0.3 is 14.8 Å². The molecule has 2 atom stereocenters. The molecule has 2 heterocycles. The van der Waals surface area contributed by atoms with Gasteiger partial charge in [0, 0.05) is 11.6 Å². The Kier molecular flexibility index (Phi) is 6.13. The first kappa shape index (κ1) is 17.3. The van der Waals surface area contributed by atoms with Gasteiger partial charge in [0.15, 0.2) is 0 Å². The van der Waals surface area contributed by atoms with E-state index in [-0.39, 0.29) is 5.97 Å². The van der Waals surface area contributed by atoms with Crippen LogP contribution in [-0.2, 0) is 4.74 Å². The van der Waals surface area contributed by atoms with Crippen molar-refractivity contribution in [2.45, 2.75) is 57.4 Å². The average Bonchev–Trinajstić information content (AvgIpc) is 2.63. The van der Waals surface area contributed by atoms with E-state index < -0.39 is 0 Å². The van der Waals surface area contributed by atoms with Gasteiger partial charge in [-0.1, -0.05) is 38.2 Å². The predicted molar refractivity (Wildman–Crippen MR) is 94.4 cm³/mol. The van der Waals surface area contributed by atoms with E-state index in [9.17, 15) is 4.79 Å². The lowest BCUT2D eigenvalue weighted by Gasteiger charge is -2.31. The van der Waals surface area contributed by atoms with E-state index in [4.69, 9.17) is 9.47 Å². The number of nitrogens with one attached hydrogen (secondary N) is 1. The Morgan fingerprint density at radius 3 is 2.88 bits per heavy atom. The first-order valence-electron chi connectivity index (χ1n) is 9.36. The van der Waals surface area contributed by atoms with Gasteiger partial charge >= 0.3 is 5.97 Å². The first-order chi connectivity index (χ1) is 11.8. The topological polar surface area (TPSA) is 47.6 Å². The third kappa shape index (κ3) is 4.29. The summed E-state index contributed by atoms with van der Waals surface area (Å²) in [5, 5.41) is 3.64. The molecule has 1 aromatic rings. The quantitative estimate of drug-likeness (QED) is 0.782. The SMILES string of the molecule is COC(=O)c1ccc2c(c1)OCCCCCCC[C@@H]1CCN[C@H]2C1. The molecule has 0 radical (unpaired) electrons. The number of rotatable bonds is 1. The molecule has 3 rings (SSSR count). The highest BCUT2D eigenvalue weighted by Gasteiger charge is 2.25. The Labute approximate surface area is 144 Å². The van der Waals surface area contributed by atoms with E-state index in [1.54, 1.807) is 0 Å². The smallest absolute Gasteiger partial charge is 0.337 e. The van der Waals surface area contributed by atoms with E-state index in [2.05, 4.69) is 5.32 Å². The molecule has 0 aliphatic carbocycles. The lowest BCUT2D eigenvalue weighted by Crippen LogP contribution is -2.32. The van der Waals surface area contributed by atoms with Gasteiger partial charge in [0.25, 0.3) is 0 Å². The molecule has 0 aromatic heterocycles. The van der Waals surface area contributed by atoms with Crippen molar-refractivity contribution in [2.24, 2.45) is 5.92 Å². The van der Waals surface area contributed by atoms with E-state index in [0.29, 0.717) is 18.2 Å². The maximum absolute atomic E-state index is 11.8. The number of piperidine rings is 1. The van der Waals surface area contributed by atoms with Crippen molar-refractivity contribution in [2.75, 3.05) is 20.3 Å². The zero-order chi connectivity index (χ0) is 16.8. The van der Waals surface area contributed by atoms with Crippen molar-refractivity contribution < 1.29 is 14.3 Å². The number of carbonyl (C=O) groups excluding carboxylic acids is 1. The molecule has 24 heavy (non-hydrogen) atoms. The molecule has 2 aliphatic rings. The summed E-state index contributed by atoms with van der Waals surface area (Å²) >= 11 is 0. The molecule has 4 heteroatoms. The summed E-state index contributed by atoms with van der Waals surface area (Å²) in [6.07, 6.45) is 10.1. The summed E-state index contributed by atoms with van der Waals surface area (Å²) in [6, 6.07) is 6.08. The Morgan fingerprint density at radius 2 is 2.00 bits per heavy atom. The van der Waals surface area contributed by atoms with Crippen molar-refractivity contribution in [1.29, 1.82) is 0 Å². The monoisotopic (exact) mass is 331 g/mol. The van der Waals surface area contributed by atoms with Gasteiger partial charge in [0.05, 0.1) is 19.3 Å². The van der Waals surface area contributed by atoms with Crippen LogP contribution in [0.4, 0.5) is 0 Å². The summed E-state index contributed by atoms with van der Waals surface area (Å²) in [7, 11) is 1.42. The predicted octanol–water partition coefficient (Wildman–Crippen LogP) is 4.25. The van der Waals surface area contributed by atoms with Crippen LogP contribution in [0.15, 0.2) is 18.2 Å². The van der Waals surface area contributed by atoms with Crippen LogP contribution in [0.25, 0.3) is 0 Å². The highest BCUT2D eigenvalue weighted by Crippen LogP contribution is 2.36. The average molecular weight is 331 g/mol. The van der Waals surface area contributed by atoms with Crippen LogP contribution in [0.3, 0.4) is 0 Å². The molecule has 0 spiro atoms. The minimum atomic E-state index is -0.307. The molecule has 2 aliphatic heterocycles. The van der Waals surface area contributed by atoms with Crippen LogP contribution in [0.2, 0.25) is 0 Å². The molecule has 2 bridgehead atoms. The van der Waals surface area contributed by atoms with Gasteiger partial charge in [-0.3, -0.25) is 0 Å². The molecule has 1 N–H and O–H groups in total. The number of esters is 1. The van der Waals surface area contributed by atoms with Crippen LogP contribution < -0.4 is 10.1 Å². The Balaban J connectivity index is 1.86. The number of carbonyl (C=O) groups is 1. The van der Waals surface area contributed by atoms with Gasteiger partial charge in [-0.15, -0.1) is 0 Å². The number of hydrogen-bond donors (Lipinski definition) is 1. The lowest BCUT2D eigenvalue weighted by molar-refractivity contribution is 0.0600. The Morgan fingerprint density at radius 1 is 1.17 bits per heavy atom. The molecule has 0 amide bonds. The second kappa shape index (κ2) is 8.52. The van der Waals surface area contributed by atoms with Gasteiger partial charge in [-0.25, -0.2) is 4.79 Å². The molecular weight excluding hydrogens is 302 g/mol.